The number of aromatic nitrogens is 1. The maximum Gasteiger partial charge on any atom is 1.00 e. The molecule has 0 unspecified atom stereocenters. The van der Waals surface area contributed by atoms with E-state index in [0.29, 0.717) is 31.0 Å². The van der Waals surface area contributed by atoms with Gasteiger partial charge in [0.05, 0.1) is 23.6 Å². The Kier molecular flexibility index (Phi) is 11.2. The van der Waals surface area contributed by atoms with Crippen molar-refractivity contribution in [3.8, 4) is 11.1 Å². The van der Waals surface area contributed by atoms with Gasteiger partial charge in [0, 0.05) is 11.8 Å². The van der Waals surface area contributed by atoms with E-state index in [1.165, 1.54) is 0 Å². The number of carboxylic acids is 1. The molecule has 0 aliphatic rings. The zero-order chi connectivity index (χ0) is 22.9. The molecule has 1 amide bonds. The number of aryl methyl sites for hydroxylation is 1. The van der Waals surface area contributed by atoms with Crippen molar-refractivity contribution in [1.82, 2.24) is 10.3 Å². The molecule has 0 radical (unpaired) electrons. The number of aliphatic carboxylic acids is 1. The smallest absolute Gasteiger partial charge is 1.00 e. The topological polar surface area (TPSA) is 88.5 Å². The van der Waals surface area contributed by atoms with Crippen LogP contribution in [0.4, 0.5) is 0 Å². The second-order valence-electron chi connectivity index (χ2n) is 7.30. The summed E-state index contributed by atoms with van der Waals surface area (Å²) in [6.45, 7) is 2.86. The Balaban J connectivity index is 0.00000289. The number of amides is 1. The van der Waals surface area contributed by atoms with E-state index in [1.807, 2.05) is 49.6 Å². The molecule has 0 saturated heterocycles. The van der Waals surface area contributed by atoms with E-state index in [1.54, 1.807) is 40.9 Å². The van der Waals surface area contributed by atoms with Gasteiger partial charge in [0.1, 0.15) is 6.04 Å². The number of thioether (sulfide) groups is 1. The van der Waals surface area contributed by atoms with E-state index >= 15 is 0 Å². The third kappa shape index (κ3) is 7.73. The van der Waals surface area contributed by atoms with Crippen LogP contribution in [-0.4, -0.2) is 40.0 Å². The van der Waals surface area contributed by atoms with Gasteiger partial charge in [0.25, 0.3) is 5.91 Å². The molecule has 33 heavy (non-hydrogen) atoms. The van der Waals surface area contributed by atoms with Gasteiger partial charge in [-0.25, -0.2) is 4.79 Å². The summed E-state index contributed by atoms with van der Waals surface area (Å²) in [4.78, 5) is 29.8. The first-order valence-electron chi connectivity index (χ1n) is 10.2. The second-order valence-corrected chi connectivity index (χ2v) is 9.26. The molecule has 0 saturated carbocycles. The first kappa shape index (κ1) is 27.2. The number of benzene rings is 2. The molecule has 3 rings (SSSR count). The number of hydrogen-bond donors (Lipinski definition) is 2. The van der Waals surface area contributed by atoms with Crippen LogP contribution in [0.3, 0.4) is 0 Å². The van der Waals surface area contributed by atoms with E-state index in [-0.39, 0.29) is 20.3 Å². The Morgan fingerprint density at radius 2 is 2.00 bits per heavy atom. The van der Waals surface area contributed by atoms with Gasteiger partial charge in [0.15, 0.2) is 0 Å². The normalized spacial score (nSPS) is 11.5. The quantitative estimate of drug-likeness (QED) is 0.409. The molecule has 0 fully saturated rings. The van der Waals surface area contributed by atoms with Gasteiger partial charge in [-0.1, -0.05) is 30.3 Å². The number of thiazole rings is 1. The number of carbonyl (C=O) groups excluding carboxylic acids is 1. The second kappa shape index (κ2) is 13.6. The average Bonchev–Trinajstić information content (AvgIpc) is 3.30. The largest absolute Gasteiger partial charge is 1.00 e. The van der Waals surface area contributed by atoms with Crippen molar-refractivity contribution >= 4 is 35.0 Å². The molecule has 6 nitrogen and oxygen atoms in total. The van der Waals surface area contributed by atoms with Crippen LogP contribution in [-0.2, 0) is 22.7 Å². The summed E-state index contributed by atoms with van der Waals surface area (Å²) in [6.07, 6.45) is 4.06. The van der Waals surface area contributed by atoms with Gasteiger partial charge in [0.2, 0.25) is 0 Å². The van der Waals surface area contributed by atoms with E-state index in [0.717, 1.165) is 27.1 Å². The third-order valence-electron chi connectivity index (χ3n) is 4.97. The van der Waals surface area contributed by atoms with Crippen LogP contribution in [0.2, 0.25) is 0 Å². The first-order valence-corrected chi connectivity index (χ1v) is 12.4. The van der Waals surface area contributed by atoms with E-state index in [2.05, 4.69) is 10.3 Å². The fourth-order valence-electron chi connectivity index (χ4n) is 3.29. The number of carbonyl (C=O) groups is 2. The molecule has 0 aliphatic carbocycles. The van der Waals surface area contributed by atoms with Crippen molar-refractivity contribution in [1.29, 1.82) is 0 Å². The Bertz CT molecular complexity index is 1070. The summed E-state index contributed by atoms with van der Waals surface area (Å²) < 4.78 is 5.82. The molecule has 3 aromatic rings. The van der Waals surface area contributed by atoms with Gasteiger partial charge < -0.3 is 16.6 Å². The van der Waals surface area contributed by atoms with Crippen LogP contribution in [0.1, 0.15) is 34.2 Å². The zero-order valence-corrected chi connectivity index (χ0v) is 20.7. The van der Waals surface area contributed by atoms with Crippen molar-refractivity contribution in [2.24, 2.45) is 0 Å². The third-order valence-corrected chi connectivity index (χ3v) is 6.37. The molecule has 1 heterocycles. The molecule has 0 spiro atoms. The minimum absolute atomic E-state index is 0. The van der Waals surface area contributed by atoms with Gasteiger partial charge in [-0.3, -0.25) is 9.78 Å². The van der Waals surface area contributed by atoms with Crippen LogP contribution >= 0.6 is 23.1 Å². The maximum atomic E-state index is 13.1. The van der Waals surface area contributed by atoms with Gasteiger partial charge in [-0.15, -0.1) is 11.3 Å². The van der Waals surface area contributed by atoms with Gasteiger partial charge >= 0.3 is 24.8 Å². The maximum absolute atomic E-state index is 13.1. The zero-order valence-electron chi connectivity index (χ0n) is 20.0. The van der Waals surface area contributed by atoms with Crippen LogP contribution in [0.5, 0.6) is 0 Å². The van der Waals surface area contributed by atoms with Crippen LogP contribution < -0.4 is 24.2 Å². The summed E-state index contributed by atoms with van der Waals surface area (Å²) in [5, 5.41) is 12.2. The fourth-order valence-corrected chi connectivity index (χ4v) is 4.29. The van der Waals surface area contributed by atoms with Crippen LogP contribution in [0.25, 0.3) is 11.1 Å². The summed E-state index contributed by atoms with van der Waals surface area (Å²) in [5.41, 5.74) is 5.86. The molecule has 170 valence electrons. The summed E-state index contributed by atoms with van der Waals surface area (Å²) in [5.74, 6) is -0.774. The molecular formula is C24H27LiN2O4S2. The van der Waals surface area contributed by atoms with Crippen molar-refractivity contribution in [3.05, 3.63) is 75.7 Å². The molecule has 9 heteroatoms. The fraction of sp³-hybridized carbons (Fsp3) is 0.292. The monoisotopic (exact) mass is 478 g/mol. The molecular weight excluding hydrogens is 451 g/mol. The Hall–Kier alpha value is -2.08. The predicted molar refractivity (Wildman–Crippen MR) is 130 cm³/mol. The van der Waals surface area contributed by atoms with Gasteiger partial charge in [-0.2, -0.15) is 11.8 Å². The Morgan fingerprint density at radius 3 is 2.67 bits per heavy atom. The summed E-state index contributed by atoms with van der Waals surface area (Å²) in [7, 11) is 0. The minimum Gasteiger partial charge on any atom is -1.00 e. The van der Waals surface area contributed by atoms with Gasteiger partial charge in [-0.05, 0) is 59.7 Å². The number of nitrogens with zero attached hydrogens (tertiary/aromatic N) is 1. The van der Waals surface area contributed by atoms with E-state index < -0.39 is 17.9 Å². The number of carboxylic acid groups (broad SMARTS) is 1. The molecule has 0 aliphatic heterocycles. The Labute approximate surface area is 215 Å². The average molecular weight is 479 g/mol. The summed E-state index contributed by atoms with van der Waals surface area (Å²) in [6, 6.07) is 12.4. The molecule has 2 N–H and O–H groups in total. The van der Waals surface area contributed by atoms with E-state index in [9.17, 15) is 14.7 Å². The number of nitrogens with one attached hydrogen (secondary N) is 1. The number of hydrogen-bond acceptors (Lipinski definition) is 6. The van der Waals surface area contributed by atoms with E-state index in [4.69, 9.17) is 4.74 Å². The van der Waals surface area contributed by atoms with Crippen molar-refractivity contribution in [2.75, 3.05) is 12.0 Å². The molecule has 0 bridgehead atoms. The SMILES string of the molecule is CSCC[C@H](NC(=O)c1ccc(COCc2cncs2)cc1-c1ccccc1C)C(=O)O.[H-].[Li+]. The number of rotatable bonds is 11. The van der Waals surface area contributed by atoms with Crippen LogP contribution in [0, 0.1) is 6.92 Å². The number of ether oxygens (including phenoxy) is 1. The molecule has 1 aromatic heterocycles. The standard InChI is InChI=1S/C24H26N2O4S2.Li.H/c1-16-5-3-4-6-19(16)21-11-17(13-30-14-18-12-25-15-32-18)7-8-20(21)23(27)26-22(24(28)29)9-10-31-2;;/h3-8,11-12,15,22H,9-10,13-14H2,1-2H3,(H,26,27)(H,28,29);;/q;+1;-1/t22-;;/m0../s1. The van der Waals surface area contributed by atoms with Crippen molar-refractivity contribution in [3.63, 3.8) is 0 Å². The molecule has 2 aromatic carbocycles. The summed E-state index contributed by atoms with van der Waals surface area (Å²) >= 11 is 3.09. The minimum atomic E-state index is -1.03. The van der Waals surface area contributed by atoms with Crippen molar-refractivity contribution in [2.45, 2.75) is 32.6 Å². The molecule has 1 atom stereocenters. The predicted octanol–water partition coefficient (Wildman–Crippen LogP) is 1.89. The van der Waals surface area contributed by atoms with Crippen LogP contribution in [0.15, 0.2) is 54.2 Å². The van der Waals surface area contributed by atoms with Crippen molar-refractivity contribution < 1.29 is 39.7 Å². The first-order chi connectivity index (χ1) is 15.5. The Morgan fingerprint density at radius 1 is 1.21 bits per heavy atom.